The number of pyridine rings is 1. The van der Waals surface area contributed by atoms with Crippen LogP contribution in [0, 0.1) is 0 Å². The van der Waals surface area contributed by atoms with Gasteiger partial charge in [-0.3, -0.25) is 0 Å². The van der Waals surface area contributed by atoms with Crippen LogP contribution in [0.3, 0.4) is 0 Å². The Morgan fingerprint density at radius 2 is 2.24 bits per heavy atom. The van der Waals surface area contributed by atoms with Crippen molar-refractivity contribution in [2.75, 3.05) is 18.5 Å². The molecule has 0 aliphatic rings. The standard InChI is InChI=1S/C12H19N3OS/c1-4-16-12(2,3)8-14-10-7-5-6-9(15-10)11(13)17/h5-7H,4,8H2,1-3H3,(H2,13,17)(H,14,15). The number of nitrogens with one attached hydrogen (secondary N) is 1. The topological polar surface area (TPSA) is 60.2 Å². The molecule has 0 atom stereocenters. The van der Waals surface area contributed by atoms with Crippen LogP contribution in [0.2, 0.25) is 0 Å². The molecule has 1 aromatic rings. The lowest BCUT2D eigenvalue weighted by Gasteiger charge is -2.25. The summed E-state index contributed by atoms with van der Waals surface area (Å²) >= 11 is 4.88. The molecule has 0 saturated carbocycles. The van der Waals surface area contributed by atoms with Gasteiger partial charge in [0.05, 0.1) is 11.3 Å². The van der Waals surface area contributed by atoms with Crippen molar-refractivity contribution in [3.8, 4) is 0 Å². The Balaban J connectivity index is 2.63. The minimum absolute atomic E-state index is 0.227. The predicted molar refractivity (Wildman–Crippen MR) is 74.3 cm³/mol. The summed E-state index contributed by atoms with van der Waals surface area (Å²) < 4.78 is 5.59. The molecular weight excluding hydrogens is 234 g/mol. The number of aromatic nitrogens is 1. The van der Waals surface area contributed by atoms with Gasteiger partial charge >= 0.3 is 0 Å². The lowest BCUT2D eigenvalue weighted by molar-refractivity contribution is 0.000642. The van der Waals surface area contributed by atoms with Crippen LogP contribution in [0.4, 0.5) is 5.82 Å². The van der Waals surface area contributed by atoms with Gasteiger partial charge in [0, 0.05) is 13.2 Å². The second-order valence-corrected chi connectivity index (χ2v) is 4.76. The van der Waals surface area contributed by atoms with E-state index < -0.39 is 0 Å². The number of nitrogens with two attached hydrogens (primary N) is 1. The Hall–Kier alpha value is -1.20. The predicted octanol–water partition coefficient (Wildman–Crippen LogP) is 1.94. The van der Waals surface area contributed by atoms with Gasteiger partial charge in [-0.05, 0) is 32.9 Å². The lowest BCUT2D eigenvalue weighted by Crippen LogP contribution is -2.33. The molecule has 0 fully saturated rings. The first-order valence-corrected chi connectivity index (χ1v) is 6.00. The van der Waals surface area contributed by atoms with Crippen molar-refractivity contribution >= 4 is 23.0 Å². The molecule has 0 aliphatic heterocycles. The largest absolute Gasteiger partial charge is 0.388 e. The fourth-order valence-electron chi connectivity index (χ4n) is 1.42. The van der Waals surface area contributed by atoms with E-state index in [0.717, 1.165) is 5.82 Å². The Kier molecular flexibility index (Phi) is 4.84. The van der Waals surface area contributed by atoms with Gasteiger partial charge in [0.2, 0.25) is 0 Å². The Bertz CT molecular complexity index is 393. The molecule has 1 heterocycles. The van der Waals surface area contributed by atoms with E-state index in [1.807, 2.05) is 32.9 Å². The van der Waals surface area contributed by atoms with E-state index in [-0.39, 0.29) is 5.60 Å². The number of hydrogen-bond donors (Lipinski definition) is 2. The number of nitrogens with zero attached hydrogens (tertiary/aromatic N) is 1. The molecule has 0 spiro atoms. The maximum atomic E-state index is 5.59. The van der Waals surface area contributed by atoms with Crippen molar-refractivity contribution in [2.24, 2.45) is 5.73 Å². The maximum absolute atomic E-state index is 5.59. The van der Waals surface area contributed by atoms with E-state index in [2.05, 4.69) is 10.3 Å². The van der Waals surface area contributed by atoms with E-state index >= 15 is 0 Å². The molecule has 0 amide bonds. The molecule has 4 nitrogen and oxygen atoms in total. The monoisotopic (exact) mass is 253 g/mol. The average Bonchev–Trinajstić information content (AvgIpc) is 2.27. The third-order valence-electron chi connectivity index (χ3n) is 2.23. The minimum atomic E-state index is -0.227. The van der Waals surface area contributed by atoms with Crippen LogP contribution in [0.25, 0.3) is 0 Å². The van der Waals surface area contributed by atoms with Gasteiger partial charge in [0.1, 0.15) is 10.8 Å². The molecule has 0 aromatic carbocycles. The van der Waals surface area contributed by atoms with Crippen molar-refractivity contribution < 1.29 is 4.74 Å². The van der Waals surface area contributed by atoms with Crippen LogP contribution < -0.4 is 11.1 Å². The first-order chi connectivity index (χ1) is 7.94. The Labute approximate surface area is 108 Å². The highest BCUT2D eigenvalue weighted by Gasteiger charge is 2.17. The van der Waals surface area contributed by atoms with Gasteiger partial charge in [-0.15, -0.1) is 0 Å². The summed E-state index contributed by atoms with van der Waals surface area (Å²) in [7, 11) is 0. The summed E-state index contributed by atoms with van der Waals surface area (Å²) in [4.78, 5) is 4.61. The Morgan fingerprint density at radius 3 is 2.82 bits per heavy atom. The molecular formula is C12H19N3OS. The normalized spacial score (nSPS) is 11.2. The van der Waals surface area contributed by atoms with E-state index in [9.17, 15) is 0 Å². The van der Waals surface area contributed by atoms with E-state index in [1.54, 1.807) is 6.07 Å². The van der Waals surface area contributed by atoms with Crippen molar-refractivity contribution in [3.05, 3.63) is 23.9 Å². The second-order valence-electron chi connectivity index (χ2n) is 4.32. The highest BCUT2D eigenvalue weighted by atomic mass is 32.1. The second kappa shape index (κ2) is 5.93. The number of rotatable bonds is 6. The summed E-state index contributed by atoms with van der Waals surface area (Å²) in [6.45, 7) is 7.40. The molecule has 1 aromatic heterocycles. The number of hydrogen-bond acceptors (Lipinski definition) is 4. The van der Waals surface area contributed by atoms with Crippen LogP contribution >= 0.6 is 12.2 Å². The van der Waals surface area contributed by atoms with Crippen LogP contribution in [0.5, 0.6) is 0 Å². The number of ether oxygens (including phenoxy) is 1. The SMILES string of the molecule is CCOC(C)(C)CNc1cccc(C(N)=S)n1. The molecule has 0 radical (unpaired) electrons. The fraction of sp³-hybridized carbons (Fsp3) is 0.500. The van der Waals surface area contributed by atoms with Gasteiger partial charge < -0.3 is 15.8 Å². The van der Waals surface area contributed by atoms with Gasteiger partial charge in [-0.1, -0.05) is 18.3 Å². The molecule has 0 unspecified atom stereocenters. The molecule has 1 rings (SSSR count). The van der Waals surface area contributed by atoms with Crippen LogP contribution in [-0.2, 0) is 4.74 Å². The van der Waals surface area contributed by atoms with Gasteiger partial charge in [0.15, 0.2) is 0 Å². The molecule has 3 N–H and O–H groups in total. The fourth-order valence-corrected chi connectivity index (χ4v) is 1.53. The van der Waals surface area contributed by atoms with Gasteiger partial charge in [0.25, 0.3) is 0 Å². The smallest absolute Gasteiger partial charge is 0.126 e. The summed E-state index contributed by atoms with van der Waals surface area (Å²) in [5.74, 6) is 0.753. The average molecular weight is 253 g/mol. The summed E-state index contributed by atoms with van der Waals surface area (Å²) in [6, 6.07) is 5.54. The van der Waals surface area contributed by atoms with Crippen molar-refractivity contribution in [2.45, 2.75) is 26.4 Å². The first kappa shape index (κ1) is 13.9. The number of anilines is 1. The van der Waals surface area contributed by atoms with Gasteiger partial charge in [-0.25, -0.2) is 4.98 Å². The van der Waals surface area contributed by atoms with Crippen molar-refractivity contribution in [1.82, 2.24) is 4.98 Å². The zero-order valence-electron chi connectivity index (χ0n) is 10.5. The number of thiocarbonyl (C=S) groups is 1. The Morgan fingerprint density at radius 1 is 1.53 bits per heavy atom. The van der Waals surface area contributed by atoms with E-state index in [0.29, 0.717) is 23.8 Å². The zero-order chi connectivity index (χ0) is 12.9. The molecule has 94 valence electrons. The van der Waals surface area contributed by atoms with E-state index in [4.69, 9.17) is 22.7 Å². The molecule has 17 heavy (non-hydrogen) atoms. The van der Waals surface area contributed by atoms with Crippen LogP contribution in [-0.4, -0.2) is 28.7 Å². The zero-order valence-corrected chi connectivity index (χ0v) is 11.3. The molecule has 0 bridgehead atoms. The quantitative estimate of drug-likeness (QED) is 0.759. The molecule has 0 aliphatic carbocycles. The highest BCUT2D eigenvalue weighted by molar-refractivity contribution is 7.80. The highest BCUT2D eigenvalue weighted by Crippen LogP contribution is 2.11. The summed E-state index contributed by atoms with van der Waals surface area (Å²) in [6.07, 6.45) is 0. The van der Waals surface area contributed by atoms with Crippen molar-refractivity contribution in [3.63, 3.8) is 0 Å². The summed E-state index contributed by atoms with van der Waals surface area (Å²) in [5.41, 5.74) is 5.93. The third-order valence-corrected chi connectivity index (χ3v) is 2.44. The van der Waals surface area contributed by atoms with Crippen LogP contribution in [0.1, 0.15) is 26.5 Å². The van der Waals surface area contributed by atoms with Gasteiger partial charge in [-0.2, -0.15) is 0 Å². The maximum Gasteiger partial charge on any atom is 0.126 e. The third kappa shape index (κ3) is 4.66. The lowest BCUT2D eigenvalue weighted by atomic mass is 10.1. The molecule has 0 saturated heterocycles. The summed E-state index contributed by atoms with van der Waals surface area (Å²) in [5, 5.41) is 3.21. The van der Waals surface area contributed by atoms with Crippen LogP contribution in [0.15, 0.2) is 18.2 Å². The molecule has 5 heteroatoms. The first-order valence-electron chi connectivity index (χ1n) is 5.59. The van der Waals surface area contributed by atoms with Crippen molar-refractivity contribution in [1.29, 1.82) is 0 Å². The minimum Gasteiger partial charge on any atom is -0.388 e. The van der Waals surface area contributed by atoms with E-state index in [1.165, 1.54) is 0 Å².